The van der Waals surface area contributed by atoms with Gasteiger partial charge in [-0.3, -0.25) is 9.48 Å². The smallest absolute Gasteiger partial charge is 0.317 e. The quantitative estimate of drug-likeness (QED) is 0.737. The van der Waals surface area contributed by atoms with E-state index in [9.17, 15) is 9.59 Å². The highest BCUT2D eigenvalue weighted by molar-refractivity contribution is 5.77. The number of amides is 2. The Kier molecular flexibility index (Phi) is 4.18. The molecular weight excluding hydrogens is 266 g/mol. The molecule has 9 heteroatoms. The van der Waals surface area contributed by atoms with Crippen molar-refractivity contribution in [1.82, 2.24) is 25.0 Å². The molecule has 2 amide bonds. The Balaban J connectivity index is 1.90. The van der Waals surface area contributed by atoms with E-state index in [1.165, 1.54) is 15.9 Å². The monoisotopic (exact) mass is 283 g/mol. The molecule has 0 bridgehead atoms. The lowest BCUT2D eigenvalue weighted by Gasteiger charge is -2.26. The molecule has 1 fully saturated rings. The van der Waals surface area contributed by atoms with Gasteiger partial charge in [-0.1, -0.05) is 0 Å². The van der Waals surface area contributed by atoms with Crippen LogP contribution in [0.4, 0.5) is 4.79 Å². The van der Waals surface area contributed by atoms with Crippen molar-refractivity contribution >= 4 is 12.0 Å². The van der Waals surface area contributed by atoms with Crippen LogP contribution in [0.15, 0.2) is 6.33 Å². The number of aryl methyl sites for hydroxylation is 1. The number of urea groups is 1. The summed E-state index contributed by atoms with van der Waals surface area (Å²) < 4.78 is 6.68. The minimum Gasteiger partial charge on any atom is -0.481 e. The van der Waals surface area contributed by atoms with Crippen molar-refractivity contribution in [3.05, 3.63) is 12.2 Å². The third-order valence-electron chi connectivity index (χ3n) is 3.23. The van der Waals surface area contributed by atoms with Crippen LogP contribution in [0.3, 0.4) is 0 Å². The number of aliphatic carboxylic acids is 1. The highest BCUT2D eigenvalue weighted by Gasteiger charge is 2.38. The molecule has 2 rings (SSSR count). The first-order valence-corrected chi connectivity index (χ1v) is 6.14. The van der Waals surface area contributed by atoms with E-state index in [-0.39, 0.29) is 25.8 Å². The van der Waals surface area contributed by atoms with Gasteiger partial charge in [-0.05, 0) is 0 Å². The molecule has 1 aromatic rings. The summed E-state index contributed by atoms with van der Waals surface area (Å²) in [4.78, 5) is 28.4. The summed E-state index contributed by atoms with van der Waals surface area (Å²) in [6.45, 7) is 0.539. The van der Waals surface area contributed by atoms with E-state index in [2.05, 4.69) is 15.4 Å². The standard InChI is InChI=1S/C11H17N5O4/c1-15-6-13-9(14-15)3-12-11(19)16(2)8-5-20-4-7(8)10(17)18/h6-8H,3-5H2,1-2H3,(H,12,19)(H,17,18). The summed E-state index contributed by atoms with van der Waals surface area (Å²) in [7, 11) is 3.29. The molecule has 1 aromatic heterocycles. The molecule has 2 unspecified atom stereocenters. The highest BCUT2D eigenvalue weighted by atomic mass is 16.5. The van der Waals surface area contributed by atoms with Crippen LogP contribution in [-0.2, 0) is 23.1 Å². The molecular formula is C11H17N5O4. The number of nitrogens with zero attached hydrogens (tertiary/aromatic N) is 4. The largest absolute Gasteiger partial charge is 0.481 e. The normalized spacial score (nSPS) is 21.7. The highest BCUT2D eigenvalue weighted by Crippen LogP contribution is 2.18. The lowest BCUT2D eigenvalue weighted by molar-refractivity contribution is -0.142. The van der Waals surface area contributed by atoms with E-state index in [4.69, 9.17) is 9.84 Å². The van der Waals surface area contributed by atoms with Crippen LogP contribution >= 0.6 is 0 Å². The summed E-state index contributed by atoms with van der Waals surface area (Å²) in [5.41, 5.74) is 0. The molecule has 2 atom stereocenters. The van der Waals surface area contributed by atoms with Crippen LogP contribution < -0.4 is 5.32 Å². The van der Waals surface area contributed by atoms with E-state index in [1.807, 2.05) is 0 Å². The number of aromatic nitrogens is 3. The van der Waals surface area contributed by atoms with Crippen molar-refractivity contribution in [3.63, 3.8) is 0 Å². The van der Waals surface area contributed by atoms with E-state index in [0.717, 1.165) is 0 Å². The molecule has 0 saturated carbocycles. The molecule has 1 saturated heterocycles. The average molecular weight is 283 g/mol. The zero-order chi connectivity index (χ0) is 14.7. The Bertz CT molecular complexity index is 503. The van der Waals surface area contributed by atoms with Gasteiger partial charge in [0.2, 0.25) is 0 Å². The van der Waals surface area contributed by atoms with Crippen molar-refractivity contribution in [1.29, 1.82) is 0 Å². The fourth-order valence-corrected chi connectivity index (χ4v) is 2.06. The van der Waals surface area contributed by atoms with Gasteiger partial charge in [0.1, 0.15) is 12.2 Å². The number of ether oxygens (including phenoxy) is 1. The van der Waals surface area contributed by atoms with Gasteiger partial charge < -0.3 is 20.1 Å². The third-order valence-corrected chi connectivity index (χ3v) is 3.23. The molecule has 0 aliphatic carbocycles. The lowest BCUT2D eigenvalue weighted by Crippen LogP contribution is -2.48. The molecule has 20 heavy (non-hydrogen) atoms. The van der Waals surface area contributed by atoms with Crippen molar-refractivity contribution < 1.29 is 19.4 Å². The van der Waals surface area contributed by atoms with Gasteiger partial charge in [0.05, 0.1) is 25.8 Å². The number of nitrogens with one attached hydrogen (secondary N) is 1. The zero-order valence-corrected chi connectivity index (χ0v) is 11.3. The van der Waals surface area contributed by atoms with E-state index < -0.39 is 17.9 Å². The molecule has 1 aliphatic rings. The number of rotatable bonds is 4. The van der Waals surface area contributed by atoms with Crippen LogP contribution in [0.1, 0.15) is 5.82 Å². The van der Waals surface area contributed by atoms with Crippen molar-refractivity contribution in [3.8, 4) is 0 Å². The summed E-state index contributed by atoms with van der Waals surface area (Å²) in [5, 5.41) is 15.7. The second-order valence-corrected chi connectivity index (χ2v) is 4.65. The van der Waals surface area contributed by atoms with Gasteiger partial charge in [0, 0.05) is 14.1 Å². The predicted molar refractivity (Wildman–Crippen MR) is 66.7 cm³/mol. The topological polar surface area (TPSA) is 110 Å². The number of carbonyl (C=O) groups excluding carboxylic acids is 1. The van der Waals surface area contributed by atoms with E-state index >= 15 is 0 Å². The van der Waals surface area contributed by atoms with Gasteiger partial charge in [0.25, 0.3) is 0 Å². The average Bonchev–Trinajstić information content (AvgIpc) is 3.03. The lowest BCUT2D eigenvalue weighted by atomic mass is 10.0. The first-order chi connectivity index (χ1) is 9.49. The van der Waals surface area contributed by atoms with Crippen LogP contribution in [0.5, 0.6) is 0 Å². The molecule has 1 aliphatic heterocycles. The van der Waals surface area contributed by atoms with Crippen LogP contribution in [0.25, 0.3) is 0 Å². The summed E-state index contributed by atoms with van der Waals surface area (Å²) in [5.74, 6) is -1.16. The second kappa shape index (κ2) is 5.87. The Morgan fingerprint density at radius 2 is 2.35 bits per heavy atom. The third kappa shape index (κ3) is 3.05. The minimum atomic E-state index is -0.960. The SMILES string of the molecule is CN(C(=O)NCc1ncn(C)n1)C1COCC1C(=O)O. The molecule has 0 spiro atoms. The number of carboxylic acids is 1. The van der Waals surface area contributed by atoms with Crippen molar-refractivity contribution in [2.75, 3.05) is 20.3 Å². The van der Waals surface area contributed by atoms with Gasteiger partial charge >= 0.3 is 12.0 Å². The first kappa shape index (κ1) is 14.3. The number of hydrogen-bond donors (Lipinski definition) is 2. The van der Waals surface area contributed by atoms with Crippen LogP contribution in [0, 0.1) is 5.92 Å². The first-order valence-electron chi connectivity index (χ1n) is 6.14. The van der Waals surface area contributed by atoms with Crippen molar-refractivity contribution in [2.24, 2.45) is 13.0 Å². The zero-order valence-electron chi connectivity index (χ0n) is 11.3. The fourth-order valence-electron chi connectivity index (χ4n) is 2.06. The Hall–Kier alpha value is -2.16. The maximum atomic E-state index is 12.0. The number of carboxylic acid groups (broad SMARTS) is 1. The van der Waals surface area contributed by atoms with E-state index in [1.54, 1.807) is 14.1 Å². The summed E-state index contributed by atoms with van der Waals surface area (Å²) in [6.07, 6.45) is 1.54. The molecule has 9 nitrogen and oxygen atoms in total. The van der Waals surface area contributed by atoms with E-state index in [0.29, 0.717) is 5.82 Å². The van der Waals surface area contributed by atoms with Crippen molar-refractivity contribution in [2.45, 2.75) is 12.6 Å². The van der Waals surface area contributed by atoms with Gasteiger partial charge in [-0.25, -0.2) is 9.78 Å². The molecule has 0 aromatic carbocycles. The fraction of sp³-hybridized carbons (Fsp3) is 0.636. The molecule has 2 heterocycles. The number of likely N-dealkylation sites (N-methyl/N-ethyl adjacent to an activating group) is 1. The maximum absolute atomic E-state index is 12.0. The summed E-state index contributed by atoms with van der Waals surface area (Å²) in [6, 6.07) is -0.844. The molecule has 0 radical (unpaired) electrons. The molecule has 110 valence electrons. The number of hydrogen-bond acceptors (Lipinski definition) is 5. The van der Waals surface area contributed by atoms with Gasteiger partial charge in [-0.2, -0.15) is 5.10 Å². The van der Waals surface area contributed by atoms with Crippen LogP contribution in [-0.4, -0.2) is 63.1 Å². The Morgan fingerprint density at radius 3 is 2.95 bits per heavy atom. The maximum Gasteiger partial charge on any atom is 0.317 e. The van der Waals surface area contributed by atoms with Gasteiger partial charge in [-0.15, -0.1) is 0 Å². The Morgan fingerprint density at radius 1 is 1.60 bits per heavy atom. The second-order valence-electron chi connectivity index (χ2n) is 4.65. The minimum absolute atomic E-state index is 0.124. The van der Waals surface area contributed by atoms with Crippen LogP contribution in [0.2, 0.25) is 0 Å². The molecule has 2 N–H and O–H groups in total. The number of carbonyl (C=O) groups is 2. The van der Waals surface area contributed by atoms with Gasteiger partial charge in [0.15, 0.2) is 5.82 Å². The predicted octanol–water partition coefficient (Wildman–Crippen LogP) is -0.944. The summed E-state index contributed by atoms with van der Waals surface area (Å²) >= 11 is 0. The Labute approximate surface area is 115 Å².